The van der Waals surface area contributed by atoms with Crippen molar-refractivity contribution >= 4 is 39.5 Å². The lowest BCUT2D eigenvalue weighted by Gasteiger charge is -2.13. The molecule has 0 saturated carbocycles. The summed E-state index contributed by atoms with van der Waals surface area (Å²) in [6, 6.07) is 13.7. The fourth-order valence-electron chi connectivity index (χ4n) is 1.88. The molecule has 0 heterocycles. The van der Waals surface area contributed by atoms with E-state index in [0.29, 0.717) is 18.1 Å². The number of hydrazone groups is 1. The van der Waals surface area contributed by atoms with Crippen LogP contribution >= 0.6 is 28.1 Å². The molecular weight excluding hydrogens is 378 g/mol. The Hall–Kier alpha value is -2.12. The Morgan fingerprint density at radius 3 is 2.74 bits per heavy atom. The summed E-state index contributed by atoms with van der Waals surface area (Å²) >= 11 is 8.23. The second-order valence-electron chi connectivity index (χ2n) is 4.59. The molecule has 0 bridgehead atoms. The van der Waals surface area contributed by atoms with Crippen LogP contribution in [0.3, 0.4) is 0 Å². The van der Waals surface area contributed by atoms with E-state index < -0.39 is 0 Å². The molecule has 2 aromatic carbocycles. The highest BCUT2D eigenvalue weighted by Crippen LogP contribution is 2.36. The molecule has 7 heteroatoms. The molecular formula is C16H17BrN3O2S+. The van der Waals surface area contributed by atoms with E-state index >= 15 is 0 Å². The molecule has 0 amide bonds. The summed E-state index contributed by atoms with van der Waals surface area (Å²) in [4.78, 5) is 0. The normalized spacial score (nSPS) is 10.5. The van der Waals surface area contributed by atoms with Crippen molar-refractivity contribution in [2.24, 2.45) is 5.73 Å². The number of ether oxygens (including phenoxy) is 2. The Balaban J connectivity index is 2.16. The minimum absolute atomic E-state index is 0.162. The highest BCUT2D eigenvalue weighted by molar-refractivity contribution is 9.10. The van der Waals surface area contributed by atoms with Crippen molar-refractivity contribution < 1.29 is 14.6 Å². The molecule has 0 radical (unpaired) electrons. The van der Waals surface area contributed by atoms with Gasteiger partial charge in [0.15, 0.2) is 17.7 Å². The highest BCUT2D eigenvalue weighted by Gasteiger charge is 2.12. The van der Waals surface area contributed by atoms with Gasteiger partial charge < -0.3 is 15.2 Å². The lowest BCUT2D eigenvalue weighted by Crippen LogP contribution is -2.82. The minimum Gasteiger partial charge on any atom is -0.493 e. The fourth-order valence-corrected chi connectivity index (χ4v) is 2.52. The molecule has 23 heavy (non-hydrogen) atoms. The fraction of sp³-hybridized carbons (Fsp3) is 0.125. The van der Waals surface area contributed by atoms with Gasteiger partial charge >= 0.3 is 0 Å². The Morgan fingerprint density at radius 2 is 2.09 bits per heavy atom. The maximum Gasteiger partial charge on any atom is 0.221 e. The molecule has 5 nitrogen and oxygen atoms in total. The van der Waals surface area contributed by atoms with E-state index in [9.17, 15) is 0 Å². The topological polar surface area (TPSA) is 70.5 Å². The summed E-state index contributed by atoms with van der Waals surface area (Å²) in [5, 5.41) is 2.96. The van der Waals surface area contributed by atoms with Crippen LogP contribution in [0.5, 0.6) is 11.5 Å². The first kappa shape index (κ1) is 17.2. The van der Waals surface area contributed by atoms with E-state index in [1.54, 1.807) is 13.3 Å². The third-order valence-corrected chi connectivity index (χ3v) is 3.60. The van der Waals surface area contributed by atoms with Gasteiger partial charge in [-0.1, -0.05) is 30.3 Å². The molecule has 0 aliphatic heterocycles. The van der Waals surface area contributed by atoms with Gasteiger partial charge in [0.1, 0.15) is 6.61 Å². The van der Waals surface area contributed by atoms with E-state index in [0.717, 1.165) is 15.6 Å². The summed E-state index contributed by atoms with van der Waals surface area (Å²) in [5.74, 6) is 1.27. The SMILES string of the molecule is COc1cc(C=[NH+]NC(N)=S)cc(Br)c1OCc1ccccc1. The highest BCUT2D eigenvalue weighted by atomic mass is 79.9. The molecule has 4 N–H and O–H groups in total. The summed E-state index contributed by atoms with van der Waals surface area (Å²) in [6.45, 7) is 0.458. The third kappa shape index (κ3) is 5.22. The number of thiocarbonyl (C=S) groups is 1. The van der Waals surface area contributed by atoms with Gasteiger partial charge in [-0.3, -0.25) is 0 Å². The van der Waals surface area contributed by atoms with Gasteiger partial charge in [0.25, 0.3) is 0 Å². The molecule has 0 atom stereocenters. The molecule has 0 saturated heterocycles. The number of hydrogen-bond acceptors (Lipinski definition) is 3. The Bertz CT molecular complexity index is 708. The number of rotatable bonds is 6. The van der Waals surface area contributed by atoms with Crippen LogP contribution < -0.4 is 25.7 Å². The smallest absolute Gasteiger partial charge is 0.221 e. The Labute approximate surface area is 148 Å². The molecule has 0 aliphatic rings. The number of methoxy groups -OCH3 is 1. The first-order valence-electron chi connectivity index (χ1n) is 6.78. The molecule has 120 valence electrons. The molecule has 0 aromatic heterocycles. The van der Waals surface area contributed by atoms with E-state index in [2.05, 4.69) is 26.5 Å². The zero-order valence-electron chi connectivity index (χ0n) is 12.5. The van der Waals surface area contributed by atoms with Gasteiger partial charge in [-0.05, 0) is 45.8 Å². The van der Waals surface area contributed by atoms with Crippen molar-refractivity contribution in [3.63, 3.8) is 0 Å². The van der Waals surface area contributed by atoms with Gasteiger partial charge in [-0.2, -0.15) is 0 Å². The molecule has 2 rings (SSSR count). The second-order valence-corrected chi connectivity index (χ2v) is 5.88. The Morgan fingerprint density at radius 1 is 1.35 bits per heavy atom. The van der Waals surface area contributed by atoms with Crippen molar-refractivity contribution in [1.82, 2.24) is 5.43 Å². The summed E-state index contributed by atoms with van der Waals surface area (Å²) in [7, 11) is 1.60. The quantitative estimate of drug-likeness (QED) is 0.391. The average molecular weight is 395 g/mol. The van der Waals surface area contributed by atoms with Crippen LogP contribution in [0.15, 0.2) is 46.9 Å². The van der Waals surface area contributed by atoms with Crippen LogP contribution in [0.25, 0.3) is 0 Å². The van der Waals surface area contributed by atoms with Crippen LogP contribution in [0.4, 0.5) is 0 Å². The molecule has 0 fully saturated rings. The zero-order chi connectivity index (χ0) is 16.7. The van der Waals surface area contributed by atoms with E-state index in [-0.39, 0.29) is 5.11 Å². The first-order chi connectivity index (χ1) is 11.1. The number of benzene rings is 2. The number of halogens is 1. The Kier molecular flexibility index (Phi) is 6.37. The van der Waals surface area contributed by atoms with Crippen molar-refractivity contribution in [3.8, 4) is 11.5 Å². The van der Waals surface area contributed by atoms with Crippen LogP contribution in [0.2, 0.25) is 0 Å². The first-order valence-corrected chi connectivity index (χ1v) is 7.98. The van der Waals surface area contributed by atoms with Gasteiger partial charge in [0.05, 0.1) is 11.6 Å². The predicted octanol–water partition coefficient (Wildman–Crippen LogP) is 1.28. The standard InChI is InChI=1S/C16H16BrN3O2S/c1-21-14-8-12(9-19-20-16(18)23)7-13(17)15(14)22-10-11-5-3-2-4-6-11/h2-9H,10H2,1H3,(H3,18,20,23)/p+1. The van der Waals surface area contributed by atoms with Gasteiger partial charge in [0, 0.05) is 5.56 Å². The number of hydrazine groups is 1. The van der Waals surface area contributed by atoms with Gasteiger partial charge in [-0.25, -0.2) is 0 Å². The van der Waals surface area contributed by atoms with E-state index in [1.165, 1.54) is 0 Å². The van der Waals surface area contributed by atoms with E-state index in [1.807, 2.05) is 42.5 Å². The monoisotopic (exact) mass is 394 g/mol. The van der Waals surface area contributed by atoms with Crippen molar-refractivity contribution in [2.45, 2.75) is 6.61 Å². The lowest BCUT2D eigenvalue weighted by atomic mass is 10.2. The van der Waals surface area contributed by atoms with Crippen molar-refractivity contribution in [2.75, 3.05) is 7.11 Å². The molecule has 0 aliphatic carbocycles. The number of hydrogen-bond donors (Lipinski definition) is 3. The molecule has 0 spiro atoms. The van der Waals surface area contributed by atoms with Gasteiger partial charge in [-0.15, -0.1) is 10.5 Å². The largest absolute Gasteiger partial charge is 0.493 e. The second kappa shape index (κ2) is 8.50. The number of nitrogens with one attached hydrogen (secondary N) is 2. The summed E-state index contributed by atoms with van der Waals surface area (Å²) in [5.41, 5.74) is 9.92. The zero-order valence-corrected chi connectivity index (χ0v) is 14.9. The van der Waals surface area contributed by atoms with Gasteiger partial charge in [0.2, 0.25) is 5.11 Å². The van der Waals surface area contributed by atoms with Crippen LogP contribution in [0, 0.1) is 0 Å². The summed E-state index contributed by atoms with van der Waals surface area (Å²) < 4.78 is 12.1. The van der Waals surface area contributed by atoms with Crippen molar-refractivity contribution in [1.29, 1.82) is 0 Å². The van der Waals surface area contributed by atoms with E-state index in [4.69, 9.17) is 27.4 Å². The maximum atomic E-state index is 5.88. The molecule has 2 aromatic rings. The number of nitrogens with two attached hydrogens (primary N) is 1. The minimum atomic E-state index is 0.162. The lowest BCUT2D eigenvalue weighted by molar-refractivity contribution is -0.499. The maximum absolute atomic E-state index is 5.88. The predicted molar refractivity (Wildman–Crippen MR) is 97.5 cm³/mol. The van der Waals surface area contributed by atoms with Crippen molar-refractivity contribution in [3.05, 3.63) is 58.1 Å². The average Bonchev–Trinajstić information content (AvgIpc) is 2.54. The summed E-state index contributed by atoms with van der Waals surface area (Å²) in [6.07, 6.45) is 1.72. The van der Waals surface area contributed by atoms with Crippen LogP contribution in [-0.4, -0.2) is 18.4 Å². The molecule has 0 unspecified atom stereocenters. The van der Waals surface area contributed by atoms with Crippen LogP contribution in [0.1, 0.15) is 11.1 Å². The van der Waals surface area contributed by atoms with Crippen LogP contribution in [-0.2, 0) is 6.61 Å². The third-order valence-electron chi connectivity index (χ3n) is 2.91.